The summed E-state index contributed by atoms with van der Waals surface area (Å²) in [5.41, 5.74) is 1.90. The first-order chi connectivity index (χ1) is 8.54. The van der Waals surface area contributed by atoms with Gasteiger partial charge in [0.25, 0.3) is 0 Å². The molecule has 1 unspecified atom stereocenters. The molecule has 2 aliphatic carbocycles. The Kier molecular flexibility index (Phi) is 2.79. The molecule has 1 atom stereocenters. The Morgan fingerprint density at radius 2 is 2.00 bits per heavy atom. The Labute approximate surface area is 106 Å². The van der Waals surface area contributed by atoms with Crippen LogP contribution in [0.25, 0.3) is 0 Å². The SMILES string of the molecule is O=c1ccc2c([nH]1)CCC(NS(=O)(=O)C1CC1)C2. The average Bonchev–Trinajstić information content (AvgIpc) is 3.13. The number of sulfonamides is 1. The third-order valence-electron chi connectivity index (χ3n) is 3.60. The number of H-pyrrole nitrogens is 1. The van der Waals surface area contributed by atoms with Crippen LogP contribution >= 0.6 is 0 Å². The normalized spacial score (nSPS) is 23.7. The smallest absolute Gasteiger partial charge is 0.248 e. The van der Waals surface area contributed by atoms with Crippen LogP contribution in [-0.2, 0) is 22.9 Å². The quantitative estimate of drug-likeness (QED) is 0.828. The fourth-order valence-corrected chi connectivity index (χ4v) is 4.07. The molecule has 0 aromatic carbocycles. The molecule has 0 bridgehead atoms. The molecule has 1 saturated carbocycles. The second-order valence-corrected chi connectivity index (χ2v) is 7.12. The highest BCUT2D eigenvalue weighted by Gasteiger charge is 2.37. The van der Waals surface area contributed by atoms with Gasteiger partial charge < -0.3 is 4.98 Å². The number of aromatic amines is 1. The van der Waals surface area contributed by atoms with Gasteiger partial charge in [0.1, 0.15) is 0 Å². The number of fused-ring (bicyclic) bond motifs is 1. The van der Waals surface area contributed by atoms with Gasteiger partial charge in [0.05, 0.1) is 5.25 Å². The third kappa shape index (κ3) is 2.35. The van der Waals surface area contributed by atoms with E-state index in [9.17, 15) is 13.2 Å². The van der Waals surface area contributed by atoms with E-state index in [2.05, 4.69) is 9.71 Å². The fraction of sp³-hybridized carbons (Fsp3) is 0.583. The summed E-state index contributed by atoms with van der Waals surface area (Å²) in [5, 5.41) is -0.172. The van der Waals surface area contributed by atoms with E-state index >= 15 is 0 Å². The summed E-state index contributed by atoms with van der Waals surface area (Å²) in [7, 11) is -3.12. The van der Waals surface area contributed by atoms with Crippen LogP contribution in [0, 0.1) is 0 Å². The Morgan fingerprint density at radius 1 is 1.22 bits per heavy atom. The molecule has 1 fully saturated rings. The summed E-state index contributed by atoms with van der Waals surface area (Å²) in [4.78, 5) is 14.0. The van der Waals surface area contributed by atoms with Gasteiger partial charge in [-0.25, -0.2) is 13.1 Å². The molecule has 98 valence electrons. The molecular weight excluding hydrogens is 252 g/mol. The minimum Gasteiger partial charge on any atom is -0.326 e. The molecule has 1 aromatic rings. The molecule has 6 heteroatoms. The minimum absolute atomic E-state index is 0.0333. The zero-order valence-electron chi connectivity index (χ0n) is 9.98. The number of hydrogen-bond donors (Lipinski definition) is 2. The molecule has 0 amide bonds. The highest BCUT2D eigenvalue weighted by molar-refractivity contribution is 7.90. The number of nitrogens with one attached hydrogen (secondary N) is 2. The molecule has 1 aromatic heterocycles. The molecule has 0 saturated heterocycles. The van der Waals surface area contributed by atoms with Crippen molar-refractivity contribution in [2.75, 3.05) is 0 Å². The van der Waals surface area contributed by atoms with Gasteiger partial charge in [0, 0.05) is 17.8 Å². The van der Waals surface area contributed by atoms with Crippen LogP contribution in [-0.4, -0.2) is 24.7 Å². The Hall–Kier alpha value is -1.14. The van der Waals surface area contributed by atoms with E-state index in [1.165, 1.54) is 6.07 Å². The predicted molar refractivity (Wildman–Crippen MR) is 68.0 cm³/mol. The summed E-state index contributed by atoms with van der Waals surface area (Å²) >= 11 is 0. The van der Waals surface area contributed by atoms with Crippen molar-refractivity contribution in [3.8, 4) is 0 Å². The van der Waals surface area contributed by atoms with E-state index in [1.54, 1.807) is 6.07 Å². The van der Waals surface area contributed by atoms with Crippen LogP contribution in [0.1, 0.15) is 30.5 Å². The molecule has 5 nitrogen and oxygen atoms in total. The van der Waals surface area contributed by atoms with Crippen LogP contribution in [0.2, 0.25) is 0 Å². The van der Waals surface area contributed by atoms with Gasteiger partial charge in [-0.15, -0.1) is 0 Å². The Balaban J connectivity index is 1.75. The first kappa shape index (κ1) is 11.9. The average molecular weight is 268 g/mol. The minimum atomic E-state index is -3.12. The monoisotopic (exact) mass is 268 g/mol. The summed E-state index contributed by atoms with van der Waals surface area (Å²) < 4.78 is 26.5. The lowest BCUT2D eigenvalue weighted by Gasteiger charge is -2.24. The molecule has 0 spiro atoms. The van der Waals surface area contributed by atoms with Gasteiger partial charge >= 0.3 is 0 Å². The Morgan fingerprint density at radius 3 is 2.72 bits per heavy atom. The second-order valence-electron chi connectivity index (χ2n) is 5.13. The lowest BCUT2D eigenvalue weighted by atomic mass is 9.93. The number of rotatable bonds is 3. The summed E-state index contributed by atoms with van der Waals surface area (Å²) in [6, 6.07) is 3.26. The standard InChI is InChI=1S/C12H16N2O3S/c15-12-6-1-8-7-9(2-5-11(8)13-12)14-18(16,17)10-3-4-10/h1,6,9-10,14H,2-5,7H2,(H,13,15). The van der Waals surface area contributed by atoms with Crippen LogP contribution in [0.5, 0.6) is 0 Å². The molecule has 3 rings (SSSR count). The van der Waals surface area contributed by atoms with Crippen LogP contribution < -0.4 is 10.3 Å². The van der Waals surface area contributed by atoms with Crippen molar-refractivity contribution in [1.82, 2.24) is 9.71 Å². The maximum atomic E-state index is 11.9. The van der Waals surface area contributed by atoms with Gasteiger partial charge in [0.2, 0.25) is 15.6 Å². The van der Waals surface area contributed by atoms with Crippen molar-refractivity contribution in [3.63, 3.8) is 0 Å². The van der Waals surface area contributed by atoms with Gasteiger partial charge in [-0.05, 0) is 37.7 Å². The summed E-state index contributed by atoms with van der Waals surface area (Å²) in [6.45, 7) is 0. The van der Waals surface area contributed by atoms with Crippen molar-refractivity contribution in [2.45, 2.75) is 43.4 Å². The molecule has 2 aliphatic rings. The highest BCUT2D eigenvalue weighted by Crippen LogP contribution is 2.28. The Bertz CT molecular complexity index is 616. The molecule has 2 N–H and O–H groups in total. The number of aromatic nitrogens is 1. The number of hydrogen-bond acceptors (Lipinski definition) is 3. The highest BCUT2D eigenvalue weighted by atomic mass is 32.2. The lowest BCUT2D eigenvalue weighted by molar-refractivity contribution is 0.501. The van der Waals surface area contributed by atoms with E-state index in [-0.39, 0.29) is 16.9 Å². The van der Waals surface area contributed by atoms with Crippen molar-refractivity contribution in [1.29, 1.82) is 0 Å². The van der Waals surface area contributed by atoms with Gasteiger partial charge in [-0.3, -0.25) is 4.79 Å². The van der Waals surface area contributed by atoms with Gasteiger partial charge in [0.15, 0.2) is 0 Å². The van der Waals surface area contributed by atoms with Crippen molar-refractivity contribution in [2.24, 2.45) is 0 Å². The summed E-state index contributed by atoms with van der Waals surface area (Å²) in [6.07, 6.45) is 3.71. The molecule has 0 radical (unpaired) electrons. The lowest BCUT2D eigenvalue weighted by Crippen LogP contribution is -2.40. The van der Waals surface area contributed by atoms with E-state index < -0.39 is 10.0 Å². The first-order valence-corrected chi connectivity index (χ1v) is 7.81. The zero-order valence-corrected chi connectivity index (χ0v) is 10.8. The summed E-state index contributed by atoms with van der Waals surface area (Å²) in [5.74, 6) is 0. The number of aryl methyl sites for hydroxylation is 1. The fourth-order valence-electron chi connectivity index (χ4n) is 2.46. The van der Waals surface area contributed by atoms with Crippen molar-refractivity contribution < 1.29 is 8.42 Å². The molecule has 0 aliphatic heterocycles. The maximum absolute atomic E-state index is 11.9. The molecule has 1 heterocycles. The van der Waals surface area contributed by atoms with E-state index in [0.717, 1.165) is 36.9 Å². The van der Waals surface area contributed by atoms with Crippen LogP contribution in [0.3, 0.4) is 0 Å². The van der Waals surface area contributed by atoms with E-state index in [0.29, 0.717) is 6.42 Å². The predicted octanol–water partition coefficient (Wildman–Crippen LogP) is 0.314. The molecule has 18 heavy (non-hydrogen) atoms. The van der Waals surface area contributed by atoms with E-state index in [4.69, 9.17) is 0 Å². The maximum Gasteiger partial charge on any atom is 0.248 e. The molecular formula is C12H16N2O3S. The first-order valence-electron chi connectivity index (χ1n) is 6.27. The van der Waals surface area contributed by atoms with Crippen molar-refractivity contribution in [3.05, 3.63) is 33.7 Å². The second kappa shape index (κ2) is 4.20. The largest absolute Gasteiger partial charge is 0.326 e. The van der Waals surface area contributed by atoms with E-state index in [1.807, 2.05) is 0 Å². The van der Waals surface area contributed by atoms with Crippen LogP contribution in [0.15, 0.2) is 16.9 Å². The topological polar surface area (TPSA) is 79.0 Å². The van der Waals surface area contributed by atoms with Gasteiger partial charge in [-0.2, -0.15) is 0 Å². The number of pyridine rings is 1. The van der Waals surface area contributed by atoms with Crippen LogP contribution in [0.4, 0.5) is 0 Å². The van der Waals surface area contributed by atoms with Crippen molar-refractivity contribution >= 4 is 10.0 Å². The van der Waals surface area contributed by atoms with Gasteiger partial charge in [-0.1, -0.05) is 6.07 Å². The zero-order chi connectivity index (χ0) is 12.8. The third-order valence-corrected chi connectivity index (χ3v) is 5.61.